The van der Waals surface area contributed by atoms with Crippen LogP contribution in [0.5, 0.6) is 0 Å². The van der Waals surface area contributed by atoms with Crippen LogP contribution in [-0.2, 0) is 4.79 Å². The van der Waals surface area contributed by atoms with E-state index in [2.05, 4.69) is 23.9 Å². The molecule has 1 saturated carbocycles. The van der Waals surface area contributed by atoms with E-state index in [1.165, 1.54) is 19.5 Å². The lowest BCUT2D eigenvalue weighted by Crippen LogP contribution is -2.55. The van der Waals surface area contributed by atoms with Crippen LogP contribution in [0.4, 0.5) is 0 Å². The number of amides is 1. The molecule has 3 atom stereocenters. The Balaban J connectivity index is 1.75. The number of nitrogens with two attached hydrogens (primary N) is 2. The highest BCUT2D eigenvalue weighted by atomic mass is 16.1. The van der Waals surface area contributed by atoms with Gasteiger partial charge in [0.1, 0.15) is 0 Å². The lowest BCUT2D eigenvalue weighted by atomic mass is 9.85. The third-order valence-corrected chi connectivity index (χ3v) is 5.25. The summed E-state index contributed by atoms with van der Waals surface area (Å²) in [5.41, 5.74) is 11.0. The first kappa shape index (κ1) is 15.7. The van der Waals surface area contributed by atoms with Crippen molar-refractivity contribution in [2.24, 2.45) is 23.3 Å². The molecule has 1 aliphatic heterocycles. The molecule has 2 fully saturated rings. The van der Waals surface area contributed by atoms with E-state index in [1.807, 2.05) is 0 Å². The Bertz CT molecular complexity index is 349. The van der Waals surface area contributed by atoms with Crippen LogP contribution >= 0.6 is 0 Å². The van der Waals surface area contributed by atoms with Gasteiger partial charge in [-0.1, -0.05) is 6.42 Å². The number of rotatable bonds is 6. The van der Waals surface area contributed by atoms with Gasteiger partial charge in [0.2, 0.25) is 5.91 Å². The van der Waals surface area contributed by atoms with E-state index < -0.39 is 5.54 Å². The molecule has 0 bridgehead atoms. The van der Waals surface area contributed by atoms with Crippen LogP contribution < -0.4 is 11.5 Å². The number of hydrogen-bond donors (Lipinski definition) is 2. The van der Waals surface area contributed by atoms with Crippen LogP contribution in [-0.4, -0.2) is 61.5 Å². The Morgan fingerprint density at radius 2 is 2.20 bits per heavy atom. The predicted molar refractivity (Wildman–Crippen MR) is 81.2 cm³/mol. The van der Waals surface area contributed by atoms with E-state index in [0.717, 1.165) is 44.7 Å². The highest BCUT2D eigenvalue weighted by molar-refractivity contribution is 5.85. The average Bonchev–Trinajstić information content (AvgIpc) is 2.94. The second-order valence-electron chi connectivity index (χ2n) is 6.96. The van der Waals surface area contributed by atoms with Gasteiger partial charge in [-0.05, 0) is 64.7 Å². The molecule has 3 unspecified atom stereocenters. The van der Waals surface area contributed by atoms with Gasteiger partial charge in [-0.3, -0.25) is 4.79 Å². The summed E-state index contributed by atoms with van der Waals surface area (Å²) in [5, 5.41) is 0. The molecule has 2 aliphatic rings. The van der Waals surface area contributed by atoms with E-state index in [9.17, 15) is 4.79 Å². The van der Waals surface area contributed by atoms with Crippen LogP contribution in [0.1, 0.15) is 32.1 Å². The van der Waals surface area contributed by atoms with Crippen molar-refractivity contribution in [2.45, 2.75) is 37.6 Å². The molecule has 4 N–H and O–H groups in total. The van der Waals surface area contributed by atoms with E-state index in [1.54, 1.807) is 0 Å². The molecule has 1 saturated heterocycles. The van der Waals surface area contributed by atoms with E-state index in [-0.39, 0.29) is 11.8 Å². The van der Waals surface area contributed by atoms with Gasteiger partial charge in [-0.15, -0.1) is 0 Å². The van der Waals surface area contributed by atoms with Crippen LogP contribution in [0.3, 0.4) is 0 Å². The summed E-state index contributed by atoms with van der Waals surface area (Å²) >= 11 is 0. The van der Waals surface area contributed by atoms with Crippen molar-refractivity contribution in [2.75, 3.05) is 40.3 Å². The zero-order valence-corrected chi connectivity index (χ0v) is 13.0. The maximum Gasteiger partial charge on any atom is 0.237 e. The Hall–Kier alpha value is -0.650. The molecule has 5 heteroatoms. The summed E-state index contributed by atoms with van der Waals surface area (Å²) < 4.78 is 0. The van der Waals surface area contributed by atoms with Crippen LogP contribution in [0.25, 0.3) is 0 Å². The van der Waals surface area contributed by atoms with Gasteiger partial charge in [0.25, 0.3) is 0 Å². The first-order chi connectivity index (χ1) is 9.41. The third-order valence-electron chi connectivity index (χ3n) is 5.25. The van der Waals surface area contributed by atoms with Crippen LogP contribution in [0.15, 0.2) is 0 Å². The zero-order valence-electron chi connectivity index (χ0n) is 13.0. The maximum absolute atomic E-state index is 11.6. The first-order valence-electron chi connectivity index (χ1n) is 7.87. The normalized spacial score (nSPS) is 35.0. The molecule has 0 spiro atoms. The highest BCUT2D eigenvalue weighted by Crippen LogP contribution is 2.36. The standard InChI is InChI=1S/C15H30N4O/c1-18-8-5-12(10-18)11-19(2)9-6-13-4-3-7-15(13,17)14(16)20/h12-13H,3-11,17H2,1-2H3,(H2,16,20). The third kappa shape index (κ3) is 3.51. The second-order valence-corrected chi connectivity index (χ2v) is 6.96. The van der Waals surface area contributed by atoms with Gasteiger partial charge in [0, 0.05) is 13.1 Å². The average molecular weight is 282 g/mol. The molecule has 1 heterocycles. The Morgan fingerprint density at radius 1 is 1.45 bits per heavy atom. The fraction of sp³-hybridized carbons (Fsp3) is 0.933. The largest absolute Gasteiger partial charge is 0.368 e. The van der Waals surface area contributed by atoms with Gasteiger partial charge in [-0.2, -0.15) is 0 Å². The van der Waals surface area contributed by atoms with Crippen LogP contribution in [0.2, 0.25) is 0 Å². The number of likely N-dealkylation sites (tertiary alicyclic amines) is 1. The molecule has 0 aromatic carbocycles. The second kappa shape index (κ2) is 6.41. The summed E-state index contributed by atoms with van der Waals surface area (Å²) in [4.78, 5) is 16.4. The molecule has 1 aliphatic carbocycles. The smallest absolute Gasteiger partial charge is 0.237 e. The molecule has 0 aromatic rings. The molecule has 0 radical (unpaired) electrons. The lowest BCUT2D eigenvalue weighted by Gasteiger charge is -2.30. The first-order valence-corrected chi connectivity index (χ1v) is 7.87. The number of carbonyl (C=O) groups is 1. The molecule has 5 nitrogen and oxygen atoms in total. The number of primary amides is 1. The Kier molecular flexibility index (Phi) is 5.04. The monoisotopic (exact) mass is 282 g/mol. The van der Waals surface area contributed by atoms with Gasteiger partial charge in [0.05, 0.1) is 5.54 Å². The van der Waals surface area contributed by atoms with Crippen molar-refractivity contribution in [3.63, 3.8) is 0 Å². The summed E-state index contributed by atoms with van der Waals surface area (Å²) in [6.07, 6.45) is 5.11. The minimum Gasteiger partial charge on any atom is -0.368 e. The fourth-order valence-corrected chi connectivity index (χ4v) is 3.91. The molecule has 2 rings (SSSR count). The van der Waals surface area contributed by atoms with E-state index >= 15 is 0 Å². The fourth-order valence-electron chi connectivity index (χ4n) is 3.91. The van der Waals surface area contributed by atoms with Crippen molar-refractivity contribution >= 4 is 5.91 Å². The van der Waals surface area contributed by atoms with Crippen molar-refractivity contribution in [1.29, 1.82) is 0 Å². The minimum absolute atomic E-state index is 0.258. The van der Waals surface area contributed by atoms with E-state index in [0.29, 0.717) is 0 Å². The van der Waals surface area contributed by atoms with Gasteiger partial charge >= 0.3 is 0 Å². The van der Waals surface area contributed by atoms with Crippen molar-refractivity contribution in [3.8, 4) is 0 Å². The minimum atomic E-state index is -0.756. The molecule has 0 aromatic heterocycles. The van der Waals surface area contributed by atoms with E-state index in [4.69, 9.17) is 11.5 Å². The molecular weight excluding hydrogens is 252 g/mol. The molecule has 116 valence electrons. The topological polar surface area (TPSA) is 75.6 Å². The number of nitrogens with zero attached hydrogens (tertiary/aromatic N) is 2. The molecular formula is C15H30N4O. The number of hydrogen-bond acceptors (Lipinski definition) is 4. The summed E-state index contributed by atoms with van der Waals surface area (Å²) in [6.45, 7) is 4.58. The van der Waals surface area contributed by atoms with Crippen LogP contribution in [0, 0.1) is 11.8 Å². The van der Waals surface area contributed by atoms with Gasteiger partial charge in [-0.25, -0.2) is 0 Å². The zero-order chi connectivity index (χ0) is 14.8. The summed E-state index contributed by atoms with van der Waals surface area (Å²) in [5.74, 6) is 0.723. The van der Waals surface area contributed by atoms with Gasteiger partial charge < -0.3 is 21.3 Å². The van der Waals surface area contributed by atoms with Gasteiger partial charge in [0.15, 0.2) is 0 Å². The SMILES string of the molecule is CN1CCC(CN(C)CCC2CCCC2(N)C(N)=O)C1. The Morgan fingerprint density at radius 3 is 2.80 bits per heavy atom. The Labute approximate surface area is 122 Å². The highest BCUT2D eigenvalue weighted by Gasteiger charge is 2.43. The van der Waals surface area contributed by atoms with Crippen molar-refractivity contribution in [1.82, 2.24) is 9.80 Å². The molecule has 1 amide bonds. The number of carbonyl (C=O) groups excluding carboxylic acids is 1. The summed E-state index contributed by atoms with van der Waals surface area (Å²) in [7, 11) is 4.36. The lowest BCUT2D eigenvalue weighted by molar-refractivity contribution is -0.124. The summed E-state index contributed by atoms with van der Waals surface area (Å²) in [6, 6.07) is 0. The maximum atomic E-state index is 11.6. The predicted octanol–water partition coefficient (Wildman–Crippen LogP) is 0.243. The quantitative estimate of drug-likeness (QED) is 0.732. The van der Waals surface area contributed by atoms with Crippen molar-refractivity contribution in [3.05, 3.63) is 0 Å². The van der Waals surface area contributed by atoms with Crippen molar-refractivity contribution < 1.29 is 4.79 Å². The molecule has 20 heavy (non-hydrogen) atoms.